The van der Waals surface area contributed by atoms with Gasteiger partial charge in [0.25, 0.3) is 0 Å². The van der Waals surface area contributed by atoms with Crippen molar-refractivity contribution in [1.29, 1.82) is 0 Å². The van der Waals surface area contributed by atoms with Crippen molar-refractivity contribution in [2.24, 2.45) is 0 Å². The highest BCUT2D eigenvalue weighted by atomic mass is 31.1. The Balaban J connectivity index is 0.00000246. The van der Waals surface area contributed by atoms with Gasteiger partial charge in [0.2, 0.25) is 0 Å². The molecule has 8 aromatic carbocycles. The molecule has 60 heavy (non-hydrogen) atoms. The molecule has 0 fully saturated rings. The van der Waals surface area contributed by atoms with Crippen LogP contribution in [0.5, 0.6) is 0 Å². The molecule has 292 valence electrons. The van der Waals surface area contributed by atoms with Crippen molar-refractivity contribution < 1.29 is 0 Å². The zero-order valence-corrected chi connectivity index (χ0v) is 36.2. The Kier molecular flexibility index (Phi) is 12.1. The number of rotatable bonds is 10. The lowest BCUT2D eigenvalue weighted by Crippen LogP contribution is -2.12. The van der Waals surface area contributed by atoms with E-state index in [2.05, 4.69) is 228 Å². The van der Waals surface area contributed by atoms with Gasteiger partial charge in [-0.25, -0.2) is 0 Å². The molecule has 0 saturated heterocycles. The van der Waals surface area contributed by atoms with Gasteiger partial charge >= 0.3 is 0 Å². The van der Waals surface area contributed by atoms with E-state index >= 15 is 0 Å². The average molecular weight is 791 g/mol. The smallest absolute Gasteiger partial charge is 0.000741 e. The number of fused-ring (bicyclic) bond motifs is 4. The summed E-state index contributed by atoms with van der Waals surface area (Å²) in [5.74, 6) is 0. The molecule has 0 nitrogen and oxygen atoms in total. The lowest BCUT2D eigenvalue weighted by Gasteiger charge is -2.21. The molecule has 0 heterocycles. The predicted molar refractivity (Wildman–Crippen MR) is 268 cm³/mol. The molecule has 0 radical (unpaired) electrons. The van der Waals surface area contributed by atoms with Crippen molar-refractivity contribution in [2.75, 3.05) is 0 Å². The molecule has 1 heteroatoms. The van der Waals surface area contributed by atoms with Crippen LogP contribution in [0.25, 0.3) is 82.8 Å². The van der Waals surface area contributed by atoms with E-state index in [4.69, 9.17) is 0 Å². The molecule has 1 atom stereocenters. The topological polar surface area (TPSA) is 0 Å². The molecule has 0 bridgehead atoms. The number of hydrogen-bond acceptors (Lipinski definition) is 0. The van der Waals surface area contributed by atoms with Crippen LogP contribution < -0.4 is 10.6 Å². The lowest BCUT2D eigenvalue weighted by molar-refractivity contribution is 1.50. The first-order valence-corrected chi connectivity index (χ1v) is 22.5. The first-order valence-electron chi connectivity index (χ1n) is 21.1. The van der Waals surface area contributed by atoms with Crippen molar-refractivity contribution in [3.63, 3.8) is 0 Å². The molecular formula is C59H51P. The molecule has 0 aromatic heterocycles. The zero-order chi connectivity index (χ0) is 41.6. The predicted octanol–water partition coefficient (Wildman–Crippen LogP) is 16.7. The second kappa shape index (κ2) is 18.1. The maximum atomic E-state index is 3.93. The van der Waals surface area contributed by atoms with Gasteiger partial charge in [-0.05, 0) is 133 Å². The van der Waals surface area contributed by atoms with E-state index in [1.165, 1.54) is 98.7 Å². The van der Waals surface area contributed by atoms with Crippen molar-refractivity contribution in [3.8, 4) is 55.6 Å². The van der Waals surface area contributed by atoms with Gasteiger partial charge in [0, 0.05) is 0 Å². The van der Waals surface area contributed by atoms with Crippen LogP contribution in [0, 0.1) is 0 Å². The molecule has 0 aliphatic heterocycles. The summed E-state index contributed by atoms with van der Waals surface area (Å²) in [6.45, 7) is 14.3. The van der Waals surface area contributed by atoms with Crippen LogP contribution in [-0.2, 0) is 0 Å². The zero-order valence-electron chi connectivity index (χ0n) is 35.3. The van der Waals surface area contributed by atoms with Gasteiger partial charge in [0.1, 0.15) is 0 Å². The fourth-order valence-electron chi connectivity index (χ4n) is 8.88. The molecule has 0 N–H and O–H groups in total. The van der Waals surface area contributed by atoms with E-state index in [0.717, 1.165) is 5.57 Å². The molecule has 1 aliphatic carbocycles. The number of allylic oxidation sites excluding steroid dienone is 9. The Bertz CT molecular complexity index is 2850. The Hall–Kier alpha value is -6.59. The summed E-state index contributed by atoms with van der Waals surface area (Å²) in [6, 6.07) is 61.1. The Morgan fingerprint density at radius 2 is 0.983 bits per heavy atom. The van der Waals surface area contributed by atoms with E-state index in [1.54, 1.807) is 0 Å². The highest BCUT2D eigenvalue weighted by Gasteiger charge is 2.31. The summed E-state index contributed by atoms with van der Waals surface area (Å²) < 4.78 is 0. The SMILES string of the molecule is C=C/C=C(\C=C/C)c1ccc(P(/C(C)=C/C=C\C)c2ccc(-c3ccc4c5c(cccc35)-c3c-4c(-c4ccccc4)c4ccccc4c3-c3ccccc3)cc2)cc1.CC. The third-order valence-corrected chi connectivity index (χ3v) is 13.8. The summed E-state index contributed by atoms with van der Waals surface area (Å²) in [6.07, 6.45) is 14.7. The first-order chi connectivity index (χ1) is 29.6. The quantitative estimate of drug-likeness (QED) is 0.0956. The Labute approximate surface area is 358 Å². The second-order valence-corrected chi connectivity index (χ2v) is 17.2. The van der Waals surface area contributed by atoms with Gasteiger partial charge < -0.3 is 0 Å². The third kappa shape index (κ3) is 7.34. The molecule has 0 saturated carbocycles. The van der Waals surface area contributed by atoms with Crippen LogP contribution in [0.3, 0.4) is 0 Å². The molecule has 9 rings (SSSR count). The fourth-order valence-corrected chi connectivity index (χ4v) is 11.1. The summed E-state index contributed by atoms with van der Waals surface area (Å²) in [5.41, 5.74) is 15.2. The third-order valence-electron chi connectivity index (χ3n) is 11.3. The van der Waals surface area contributed by atoms with Crippen LogP contribution in [0.1, 0.15) is 40.2 Å². The van der Waals surface area contributed by atoms with Gasteiger partial charge in [-0.2, -0.15) is 0 Å². The minimum absolute atomic E-state index is 0.734. The molecule has 8 aromatic rings. The Morgan fingerprint density at radius 1 is 0.467 bits per heavy atom. The van der Waals surface area contributed by atoms with E-state index < -0.39 is 7.92 Å². The van der Waals surface area contributed by atoms with Crippen LogP contribution in [0.2, 0.25) is 0 Å². The Morgan fingerprint density at radius 3 is 1.53 bits per heavy atom. The lowest BCUT2D eigenvalue weighted by atomic mass is 9.82. The normalized spacial score (nSPS) is 12.8. The highest BCUT2D eigenvalue weighted by molar-refractivity contribution is 7.76. The van der Waals surface area contributed by atoms with Crippen molar-refractivity contribution in [3.05, 3.63) is 224 Å². The van der Waals surface area contributed by atoms with E-state index in [9.17, 15) is 0 Å². The molecule has 0 spiro atoms. The molecule has 1 unspecified atom stereocenters. The minimum atomic E-state index is -0.734. The molecule has 0 amide bonds. The minimum Gasteiger partial charge on any atom is -0.0990 e. The van der Waals surface area contributed by atoms with Crippen molar-refractivity contribution in [2.45, 2.75) is 34.6 Å². The summed E-state index contributed by atoms with van der Waals surface area (Å²) in [5, 5.41) is 9.22. The summed E-state index contributed by atoms with van der Waals surface area (Å²) in [4.78, 5) is 0. The number of benzene rings is 8. The van der Waals surface area contributed by atoms with Gasteiger partial charge in [0.05, 0.1) is 0 Å². The maximum Gasteiger partial charge on any atom is -0.000741 e. The van der Waals surface area contributed by atoms with Crippen LogP contribution >= 0.6 is 7.92 Å². The molecular weight excluding hydrogens is 740 g/mol. The van der Waals surface area contributed by atoms with Crippen LogP contribution in [0.15, 0.2) is 218 Å². The second-order valence-electron chi connectivity index (χ2n) is 14.8. The standard InChI is InChI=1S/C57H45P.C2H6/c1-5-8-20-39(4)58(45-33-29-41(30-34-45)40(18-6-2)19-7-3)46-35-31-42(32-36-46)47-37-38-52-55-48(47)27-17-28-51(55)56-53(43-21-11-9-12-22-43)49-25-15-16-26-50(49)54(57(52)56)44-23-13-10-14-24-44;1-2/h5-38H,2H2,1,3-4H3;1-2H3/b8-5-,19-7-,39-20+,40-18+;. The van der Waals surface area contributed by atoms with Crippen LogP contribution in [-0.4, -0.2) is 0 Å². The number of hydrogen-bond donors (Lipinski definition) is 0. The van der Waals surface area contributed by atoms with Crippen LogP contribution in [0.4, 0.5) is 0 Å². The first kappa shape index (κ1) is 40.2. The summed E-state index contributed by atoms with van der Waals surface area (Å²) in [7, 11) is -0.734. The van der Waals surface area contributed by atoms with Gasteiger partial charge in [-0.1, -0.05) is 227 Å². The van der Waals surface area contributed by atoms with E-state index in [0.29, 0.717) is 0 Å². The average Bonchev–Trinajstić information content (AvgIpc) is 3.64. The maximum absolute atomic E-state index is 3.93. The fraction of sp³-hybridized carbons (Fsp3) is 0.0847. The van der Waals surface area contributed by atoms with E-state index in [1.807, 2.05) is 19.9 Å². The molecule has 1 aliphatic rings. The van der Waals surface area contributed by atoms with E-state index in [-0.39, 0.29) is 0 Å². The highest BCUT2D eigenvalue weighted by Crippen LogP contribution is 2.58. The summed E-state index contributed by atoms with van der Waals surface area (Å²) >= 11 is 0. The van der Waals surface area contributed by atoms with Gasteiger partial charge in [0.15, 0.2) is 0 Å². The monoisotopic (exact) mass is 790 g/mol. The van der Waals surface area contributed by atoms with Gasteiger partial charge in [-0.15, -0.1) is 0 Å². The van der Waals surface area contributed by atoms with Crippen molar-refractivity contribution >= 4 is 45.6 Å². The van der Waals surface area contributed by atoms with Gasteiger partial charge in [-0.3, -0.25) is 0 Å². The van der Waals surface area contributed by atoms with Crippen molar-refractivity contribution in [1.82, 2.24) is 0 Å². The largest absolute Gasteiger partial charge is 0.0990 e.